The maximum Gasteiger partial charge on any atom is 0.220 e. The van der Waals surface area contributed by atoms with Crippen LogP contribution < -0.4 is 5.32 Å². The third kappa shape index (κ3) is 3.66. The molecule has 4 fully saturated rings. The average Bonchev–Trinajstić information content (AvgIpc) is 3.11. The Kier molecular flexibility index (Phi) is 4.61. The fourth-order valence-corrected chi connectivity index (χ4v) is 8.10. The maximum absolute atomic E-state index is 12.9. The number of halogens is 1. The number of hydrogen-bond acceptors (Lipinski definition) is 2. The minimum Gasteiger partial charge on any atom is -0.352 e. The molecule has 1 aromatic carbocycles. The molecule has 1 aromatic heterocycles. The van der Waals surface area contributed by atoms with Gasteiger partial charge < -0.3 is 5.32 Å². The van der Waals surface area contributed by atoms with Gasteiger partial charge in [-0.1, -0.05) is 40.2 Å². The van der Waals surface area contributed by atoms with Gasteiger partial charge in [0.15, 0.2) is 0 Å². The molecule has 1 heterocycles. The molecule has 0 saturated heterocycles. The predicted molar refractivity (Wildman–Crippen MR) is 113 cm³/mol. The van der Waals surface area contributed by atoms with E-state index < -0.39 is 0 Å². The summed E-state index contributed by atoms with van der Waals surface area (Å²) >= 11 is 4.06. The van der Waals surface area contributed by atoms with Gasteiger partial charge in [-0.05, 0) is 73.0 Å². The Labute approximate surface area is 175 Å². The molecule has 28 heavy (non-hydrogen) atoms. The molecule has 2 atom stereocenters. The summed E-state index contributed by atoms with van der Waals surface area (Å²) in [7, 11) is 0. The Hall–Kier alpha value is -1.62. The lowest BCUT2D eigenvalue weighted by Gasteiger charge is -2.60. The molecule has 2 aromatic rings. The molecule has 4 nitrogen and oxygen atoms in total. The summed E-state index contributed by atoms with van der Waals surface area (Å²) in [4.78, 5) is 12.9. The first-order valence-corrected chi connectivity index (χ1v) is 11.3. The topological polar surface area (TPSA) is 46.9 Å². The number of amides is 1. The number of hydrogen-bond donors (Lipinski definition) is 1. The smallest absolute Gasteiger partial charge is 0.220 e. The van der Waals surface area contributed by atoms with Crippen molar-refractivity contribution >= 4 is 21.8 Å². The number of carbonyl (C=O) groups is 1. The van der Waals surface area contributed by atoms with Crippen LogP contribution in [0, 0.1) is 17.3 Å². The van der Waals surface area contributed by atoms with Crippen LogP contribution in [0.4, 0.5) is 0 Å². The summed E-state index contributed by atoms with van der Waals surface area (Å²) in [5.41, 5.74) is 2.61. The summed E-state index contributed by atoms with van der Waals surface area (Å²) in [6.45, 7) is 1.33. The van der Waals surface area contributed by atoms with E-state index in [9.17, 15) is 4.79 Å². The van der Waals surface area contributed by atoms with Crippen molar-refractivity contribution in [3.8, 4) is 0 Å². The number of rotatable bonds is 6. The Morgan fingerprint density at radius 2 is 1.89 bits per heavy atom. The van der Waals surface area contributed by atoms with E-state index in [1.54, 1.807) is 6.20 Å². The Balaban J connectivity index is 1.23. The molecule has 4 aliphatic rings. The highest BCUT2D eigenvalue weighted by Gasteiger charge is 2.57. The van der Waals surface area contributed by atoms with Crippen LogP contribution in [0.15, 0.2) is 42.7 Å². The summed E-state index contributed by atoms with van der Waals surface area (Å²) in [6.07, 6.45) is 12.1. The molecule has 2 unspecified atom stereocenters. The van der Waals surface area contributed by atoms with Crippen molar-refractivity contribution in [2.24, 2.45) is 17.3 Å². The molecular formula is C23H28BrN3O. The van der Waals surface area contributed by atoms with Crippen LogP contribution >= 0.6 is 15.9 Å². The standard InChI is InChI=1S/C23H28BrN3O/c24-23-11-17-8-18(12-23)10-22(9-17,16-23)13-21(28)25-14-19-4-1-2-5-20(19)15-27-7-3-6-26-27/h1-7,17-18H,8-16H2,(H,25,28). The summed E-state index contributed by atoms with van der Waals surface area (Å²) in [5, 5.41) is 7.52. The van der Waals surface area contributed by atoms with Crippen molar-refractivity contribution in [3.05, 3.63) is 53.9 Å². The predicted octanol–water partition coefficient (Wildman–Crippen LogP) is 4.67. The summed E-state index contributed by atoms with van der Waals surface area (Å²) < 4.78 is 2.24. The second-order valence-corrected chi connectivity index (χ2v) is 11.2. The van der Waals surface area contributed by atoms with Gasteiger partial charge in [-0.3, -0.25) is 9.48 Å². The highest BCUT2D eigenvalue weighted by atomic mass is 79.9. The fourth-order valence-electron chi connectivity index (χ4n) is 6.59. The van der Waals surface area contributed by atoms with Crippen LogP contribution in [-0.2, 0) is 17.9 Å². The highest BCUT2D eigenvalue weighted by Crippen LogP contribution is 2.65. The van der Waals surface area contributed by atoms with Gasteiger partial charge in [-0.25, -0.2) is 0 Å². The van der Waals surface area contributed by atoms with Crippen LogP contribution in [0.5, 0.6) is 0 Å². The van der Waals surface area contributed by atoms with Crippen molar-refractivity contribution in [1.82, 2.24) is 15.1 Å². The number of aromatic nitrogens is 2. The van der Waals surface area contributed by atoms with Gasteiger partial charge in [-0.15, -0.1) is 0 Å². The minimum atomic E-state index is 0.215. The molecule has 4 aliphatic carbocycles. The van der Waals surface area contributed by atoms with E-state index in [2.05, 4.69) is 44.5 Å². The van der Waals surface area contributed by atoms with Gasteiger partial charge >= 0.3 is 0 Å². The molecule has 6 rings (SSSR count). The first-order valence-electron chi connectivity index (χ1n) is 10.5. The van der Waals surface area contributed by atoms with Gasteiger partial charge in [0.1, 0.15) is 0 Å². The molecule has 4 saturated carbocycles. The van der Waals surface area contributed by atoms with E-state index in [0.29, 0.717) is 17.3 Å². The van der Waals surface area contributed by atoms with Gasteiger partial charge in [0, 0.05) is 29.7 Å². The minimum absolute atomic E-state index is 0.215. The Morgan fingerprint density at radius 3 is 2.57 bits per heavy atom. The van der Waals surface area contributed by atoms with E-state index in [-0.39, 0.29) is 11.3 Å². The molecule has 0 radical (unpaired) electrons. The highest BCUT2D eigenvalue weighted by molar-refractivity contribution is 9.10. The Bertz CT molecular complexity index is 848. The number of nitrogens with one attached hydrogen (secondary N) is 1. The number of benzene rings is 1. The number of nitrogens with zero attached hydrogens (tertiary/aromatic N) is 2. The molecular weight excluding hydrogens is 414 g/mol. The average molecular weight is 442 g/mol. The third-order valence-electron chi connectivity index (χ3n) is 7.13. The first kappa shape index (κ1) is 18.4. The fraction of sp³-hybridized carbons (Fsp3) is 0.565. The normalized spacial score (nSPS) is 33.2. The lowest BCUT2D eigenvalue weighted by Crippen LogP contribution is -2.54. The molecule has 5 heteroatoms. The molecule has 1 N–H and O–H groups in total. The number of alkyl halides is 1. The third-order valence-corrected chi connectivity index (χ3v) is 8.06. The van der Waals surface area contributed by atoms with E-state index >= 15 is 0 Å². The molecule has 1 amide bonds. The van der Waals surface area contributed by atoms with Crippen LogP contribution in [0.25, 0.3) is 0 Å². The molecule has 0 aliphatic heterocycles. The lowest BCUT2D eigenvalue weighted by molar-refractivity contribution is -0.128. The lowest BCUT2D eigenvalue weighted by atomic mass is 9.48. The zero-order valence-electron chi connectivity index (χ0n) is 16.2. The van der Waals surface area contributed by atoms with Crippen LogP contribution in [0.3, 0.4) is 0 Å². The largest absolute Gasteiger partial charge is 0.352 e. The van der Waals surface area contributed by atoms with Gasteiger partial charge in [0.05, 0.1) is 6.54 Å². The SMILES string of the molecule is O=C(CC12CC3CC(CC(Br)(C3)C1)C2)NCc1ccccc1Cn1cccn1. The van der Waals surface area contributed by atoms with E-state index in [4.69, 9.17) is 0 Å². The summed E-state index contributed by atoms with van der Waals surface area (Å²) in [6, 6.07) is 10.3. The van der Waals surface area contributed by atoms with Crippen LogP contribution in [0.1, 0.15) is 56.1 Å². The van der Waals surface area contributed by atoms with E-state index in [1.165, 1.54) is 49.7 Å². The van der Waals surface area contributed by atoms with Gasteiger partial charge in [0.25, 0.3) is 0 Å². The second kappa shape index (κ2) is 7.01. The first-order chi connectivity index (χ1) is 13.5. The molecule has 148 valence electrons. The number of carbonyl (C=O) groups excluding carboxylic acids is 1. The molecule has 4 bridgehead atoms. The van der Waals surface area contributed by atoms with E-state index in [0.717, 1.165) is 18.4 Å². The second-order valence-electron chi connectivity index (χ2n) is 9.54. The van der Waals surface area contributed by atoms with Gasteiger partial charge in [0.2, 0.25) is 5.91 Å². The van der Waals surface area contributed by atoms with Crippen molar-refractivity contribution in [1.29, 1.82) is 0 Å². The quantitative estimate of drug-likeness (QED) is 0.661. The zero-order valence-corrected chi connectivity index (χ0v) is 17.8. The van der Waals surface area contributed by atoms with Crippen molar-refractivity contribution in [2.75, 3.05) is 0 Å². The zero-order chi connectivity index (χ0) is 19.2. The monoisotopic (exact) mass is 441 g/mol. The van der Waals surface area contributed by atoms with Crippen molar-refractivity contribution < 1.29 is 4.79 Å². The van der Waals surface area contributed by atoms with Crippen molar-refractivity contribution in [2.45, 2.75) is 62.4 Å². The van der Waals surface area contributed by atoms with Crippen molar-refractivity contribution in [3.63, 3.8) is 0 Å². The van der Waals surface area contributed by atoms with Gasteiger partial charge in [-0.2, -0.15) is 5.10 Å². The van der Waals surface area contributed by atoms with Crippen LogP contribution in [-0.4, -0.2) is 20.0 Å². The van der Waals surface area contributed by atoms with E-state index in [1.807, 2.05) is 23.0 Å². The Morgan fingerprint density at radius 1 is 1.14 bits per heavy atom. The maximum atomic E-state index is 12.9. The molecule has 0 spiro atoms. The summed E-state index contributed by atoms with van der Waals surface area (Å²) in [5.74, 6) is 1.86. The van der Waals surface area contributed by atoms with Crippen LogP contribution in [0.2, 0.25) is 0 Å².